The van der Waals surface area contributed by atoms with Gasteiger partial charge in [-0.05, 0) is 29.8 Å². The van der Waals surface area contributed by atoms with Crippen molar-refractivity contribution in [3.05, 3.63) is 15.9 Å². The van der Waals surface area contributed by atoms with Crippen LogP contribution in [0.25, 0.3) is 0 Å². The SMILES string of the molecule is Cc1nc(N(C)C)nc(C)c1Br. The first-order valence-corrected chi connectivity index (χ1v) is 4.49. The van der Waals surface area contributed by atoms with Gasteiger partial charge in [0.25, 0.3) is 0 Å². The van der Waals surface area contributed by atoms with Gasteiger partial charge in [-0.1, -0.05) is 0 Å². The molecule has 0 N–H and O–H groups in total. The zero-order chi connectivity index (χ0) is 9.30. The van der Waals surface area contributed by atoms with E-state index >= 15 is 0 Å². The van der Waals surface area contributed by atoms with Gasteiger partial charge in [-0.3, -0.25) is 0 Å². The Balaban J connectivity index is 3.21. The summed E-state index contributed by atoms with van der Waals surface area (Å²) in [6.07, 6.45) is 0. The van der Waals surface area contributed by atoms with Gasteiger partial charge in [0, 0.05) is 14.1 Å². The first kappa shape index (κ1) is 9.45. The Morgan fingerprint density at radius 3 is 1.83 bits per heavy atom. The van der Waals surface area contributed by atoms with Crippen molar-refractivity contribution in [1.82, 2.24) is 9.97 Å². The Kier molecular flexibility index (Phi) is 2.67. The van der Waals surface area contributed by atoms with Crippen LogP contribution in [0.3, 0.4) is 0 Å². The second-order valence-electron chi connectivity index (χ2n) is 2.90. The standard InChI is InChI=1S/C8H12BrN3/c1-5-7(9)6(2)11-8(10-5)12(3)4/h1-4H3. The highest BCUT2D eigenvalue weighted by Crippen LogP contribution is 2.19. The average molecular weight is 230 g/mol. The van der Waals surface area contributed by atoms with Gasteiger partial charge in [0.05, 0.1) is 15.9 Å². The number of aryl methyl sites for hydroxylation is 2. The summed E-state index contributed by atoms with van der Waals surface area (Å²) < 4.78 is 0.994. The Bertz CT molecular complexity index is 273. The lowest BCUT2D eigenvalue weighted by molar-refractivity contribution is 0.947. The molecule has 3 nitrogen and oxygen atoms in total. The lowest BCUT2D eigenvalue weighted by Crippen LogP contribution is -2.14. The molecule has 0 aliphatic carbocycles. The third-order valence-corrected chi connectivity index (χ3v) is 2.72. The Morgan fingerprint density at radius 2 is 1.50 bits per heavy atom. The van der Waals surface area contributed by atoms with E-state index < -0.39 is 0 Å². The van der Waals surface area contributed by atoms with E-state index in [2.05, 4.69) is 25.9 Å². The summed E-state index contributed by atoms with van der Waals surface area (Å²) in [5.41, 5.74) is 1.96. The molecule has 1 rings (SSSR count). The zero-order valence-corrected chi connectivity index (χ0v) is 9.31. The first-order valence-electron chi connectivity index (χ1n) is 3.70. The molecule has 0 fully saturated rings. The highest BCUT2D eigenvalue weighted by Gasteiger charge is 2.05. The fourth-order valence-electron chi connectivity index (χ4n) is 0.885. The molecule has 1 heterocycles. The molecule has 1 aromatic heterocycles. The third-order valence-electron chi connectivity index (χ3n) is 1.57. The van der Waals surface area contributed by atoms with E-state index in [1.807, 2.05) is 32.8 Å². The maximum atomic E-state index is 4.30. The molecule has 0 atom stereocenters. The van der Waals surface area contributed by atoms with Crippen molar-refractivity contribution in [1.29, 1.82) is 0 Å². The van der Waals surface area contributed by atoms with Gasteiger partial charge < -0.3 is 4.90 Å². The largest absolute Gasteiger partial charge is 0.347 e. The second kappa shape index (κ2) is 3.39. The summed E-state index contributed by atoms with van der Waals surface area (Å²) >= 11 is 3.42. The van der Waals surface area contributed by atoms with Crippen molar-refractivity contribution in [2.75, 3.05) is 19.0 Å². The molecule has 0 spiro atoms. The van der Waals surface area contributed by atoms with Crippen molar-refractivity contribution >= 4 is 21.9 Å². The Labute approximate surface area is 81.0 Å². The number of halogens is 1. The monoisotopic (exact) mass is 229 g/mol. The van der Waals surface area contributed by atoms with Crippen molar-refractivity contribution in [3.63, 3.8) is 0 Å². The molecule has 0 saturated carbocycles. The van der Waals surface area contributed by atoms with E-state index in [1.54, 1.807) is 0 Å². The normalized spacial score (nSPS) is 10.1. The van der Waals surface area contributed by atoms with Crippen molar-refractivity contribution in [2.24, 2.45) is 0 Å². The lowest BCUT2D eigenvalue weighted by atomic mass is 10.3. The minimum atomic E-state index is 0.758. The summed E-state index contributed by atoms with van der Waals surface area (Å²) in [6, 6.07) is 0. The smallest absolute Gasteiger partial charge is 0.225 e. The van der Waals surface area contributed by atoms with E-state index in [1.165, 1.54) is 0 Å². The van der Waals surface area contributed by atoms with Gasteiger partial charge in [0.1, 0.15) is 0 Å². The van der Waals surface area contributed by atoms with Gasteiger partial charge >= 0.3 is 0 Å². The van der Waals surface area contributed by atoms with E-state index in [9.17, 15) is 0 Å². The van der Waals surface area contributed by atoms with Crippen LogP contribution in [-0.4, -0.2) is 24.1 Å². The lowest BCUT2D eigenvalue weighted by Gasteiger charge is -2.12. The van der Waals surface area contributed by atoms with Crippen LogP contribution in [0, 0.1) is 13.8 Å². The Hall–Kier alpha value is -0.640. The molecule has 0 bridgehead atoms. The van der Waals surface area contributed by atoms with Crippen molar-refractivity contribution in [2.45, 2.75) is 13.8 Å². The topological polar surface area (TPSA) is 29.0 Å². The molecular formula is C8H12BrN3. The van der Waals surface area contributed by atoms with Gasteiger partial charge in [0.2, 0.25) is 5.95 Å². The van der Waals surface area contributed by atoms with Crippen LogP contribution in [-0.2, 0) is 0 Å². The zero-order valence-electron chi connectivity index (χ0n) is 7.72. The molecule has 0 aliphatic heterocycles. The minimum absolute atomic E-state index is 0.758. The molecule has 0 amide bonds. The van der Waals surface area contributed by atoms with E-state index in [0.717, 1.165) is 21.8 Å². The molecule has 12 heavy (non-hydrogen) atoms. The number of anilines is 1. The van der Waals surface area contributed by atoms with Gasteiger partial charge in [-0.15, -0.1) is 0 Å². The highest BCUT2D eigenvalue weighted by atomic mass is 79.9. The summed E-state index contributed by atoms with van der Waals surface area (Å²) in [5, 5.41) is 0. The molecule has 0 saturated heterocycles. The van der Waals surface area contributed by atoms with E-state index in [4.69, 9.17) is 0 Å². The molecular weight excluding hydrogens is 218 g/mol. The summed E-state index contributed by atoms with van der Waals surface area (Å²) in [6.45, 7) is 3.93. The fourth-order valence-corrected chi connectivity index (χ4v) is 1.06. The number of hydrogen-bond donors (Lipinski definition) is 0. The second-order valence-corrected chi connectivity index (χ2v) is 3.70. The van der Waals surface area contributed by atoms with Crippen LogP contribution >= 0.6 is 15.9 Å². The third kappa shape index (κ3) is 1.75. The maximum Gasteiger partial charge on any atom is 0.225 e. The van der Waals surface area contributed by atoms with E-state index in [-0.39, 0.29) is 0 Å². The number of rotatable bonds is 1. The van der Waals surface area contributed by atoms with E-state index in [0.29, 0.717) is 0 Å². The molecule has 1 aromatic rings. The average Bonchev–Trinajstić information content (AvgIpc) is 1.99. The Morgan fingerprint density at radius 1 is 1.08 bits per heavy atom. The number of nitrogens with zero attached hydrogens (tertiary/aromatic N) is 3. The summed E-state index contributed by atoms with van der Waals surface area (Å²) in [7, 11) is 3.87. The number of hydrogen-bond acceptors (Lipinski definition) is 3. The summed E-state index contributed by atoms with van der Waals surface area (Å²) in [5.74, 6) is 0.758. The molecule has 4 heteroatoms. The van der Waals surface area contributed by atoms with Crippen LogP contribution in [0.2, 0.25) is 0 Å². The predicted molar refractivity (Wildman–Crippen MR) is 53.5 cm³/mol. The van der Waals surface area contributed by atoms with Gasteiger partial charge in [-0.2, -0.15) is 0 Å². The van der Waals surface area contributed by atoms with Gasteiger partial charge in [-0.25, -0.2) is 9.97 Å². The molecule has 0 aliphatic rings. The first-order chi connectivity index (χ1) is 5.52. The minimum Gasteiger partial charge on any atom is -0.347 e. The molecule has 0 unspecified atom stereocenters. The van der Waals surface area contributed by atoms with Crippen LogP contribution in [0.1, 0.15) is 11.4 Å². The molecule has 0 aromatic carbocycles. The van der Waals surface area contributed by atoms with Crippen LogP contribution < -0.4 is 4.90 Å². The van der Waals surface area contributed by atoms with Crippen LogP contribution in [0.5, 0.6) is 0 Å². The highest BCUT2D eigenvalue weighted by molar-refractivity contribution is 9.10. The maximum absolute atomic E-state index is 4.30. The fraction of sp³-hybridized carbons (Fsp3) is 0.500. The number of aromatic nitrogens is 2. The van der Waals surface area contributed by atoms with Crippen molar-refractivity contribution in [3.8, 4) is 0 Å². The van der Waals surface area contributed by atoms with Crippen molar-refractivity contribution < 1.29 is 0 Å². The van der Waals surface area contributed by atoms with Gasteiger partial charge in [0.15, 0.2) is 0 Å². The molecule has 66 valence electrons. The quantitative estimate of drug-likeness (QED) is 0.738. The molecule has 0 radical (unpaired) electrons. The predicted octanol–water partition coefficient (Wildman–Crippen LogP) is 1.92. The van der Waals surface area contributed by atoms with Crippen LogP contribution in [0.15, 0.2) is 4.47 Å². The summed E-state index contributed by atoms with van der Waals surface area (Å²) in [4.78, 5) is 10.5. The van der Waals surface area contributed by atoms with Crippen LogP contribution in [0.4, 0.5) is 5.95 Å².